The minimum absolute atomic E-state index is 0.0461. The number of hydrogen-bond acceptors (Lipinski definition) is 5. The summed E-state index contributed by atoms with van der Waals surface area (Å²) in [5.74, 6) is -1.10. The largest absolute Gasteiger partial charge is 0.591 e. The summed E-state index contributed by atoms with van der Waals surface area (Å²) < 4.78 is 23.9. The van der Waals surface area contributed by atoms with Crippen LogP contribution >= 0.6 is 19.6 Å². The highest BCUT2D eigenvalue weighted by Gasteiger charge is 2.13. The minimum Gasteiger partial charge on any atom is -0.591 e. The predicted molar refractivity (Wildman–Crippen MR) is 91.9 cm³/mol. The van der Waals surface area contributed by atoms with Crippen LogP contribution in [-0.4, -0.2) is 30.2 Å². The number of hydrogen-bond donors (Lipinski definition) is 3. The van der Waals surface area contributed by atoms with Gasteiger partial charge in [0.2, 0.25) is 0 Å². The Morgan fingerprint density at radius 3 is 2.52 bits per heavy atom. The molecule has 1 atom stereocenters. The lowest BCUT2D eigenvalue weighted by molar-refractivity contribution is -0.160. The van der Waals surface area contributed by atoms with Crippen LogP contribution in [0.25, 0.3) is 0 Å². The lowest BCUT2D eigenvalue weighted by Gasteiger charge is -2.20. The lowest BCUT2D eigenvalue weighted by Crippen LogP contribution is -2.46. The summed E-state index contributed by atoms with van der Waals surface area (Å²) in [5, 5.41) is 13.7. The molecule has 2 aromatic rings. The fourth-order valence-electron chi connectivity index (χ4n) is 1.81. The van der Waals surface area contributed by atoms with Crippen LogP contribution in [0.2, 0.25) is 5.02 Å². The molecule has 1 unspecified atom stereocenters. The normalized spacial score (nSPS) is 14.0. The lowest BCUT2D eigenvalue weighted by atomic mass is 10.2. The molecule has 9 heteroatoms. The van der Waals surface area contributed by atoms with Crippen LogP contribution in [-0.2, 0) is 4.57 Å². The van der Waals surface area contributed by atoms with E-state index in [-0.39, 0.29) is 22.0 Å². The summed E-state index contributed by atoms with van der Waals surface area (Å²) in [6.45, 7) is 1.58. The van der Waals surface area contributed by atoms with Gasteiger partial charge in [-0.3, -0.25) is 4.79 Å². The van der Waals surface area contributed by atoms with Gasteiger partial charge in [0.25, 0.3) is 5.91 Å². The first kappa shape index (κ1) is 19.4. The van der Waals surface area contributed by atoms with Crippen molar-refractivity contribution in [2.75, 3.05) is 18.4 Å². The summed E-state index contributed by atoms with van der Waals surface area (Å²) in [4.78, 5) is 22.8. The molecule has 0 bridgehead atoms. The maximum atomic E-state index is 13.0. The standard InChI is InChI=1S/C13H8ClFNO3P.C3H7NO/c14-11-7-9(4-5-12(11)15)16-13(17)8-2-1-3-10(6-8)20(18)19;5-3-1-4-2-3/h1-7H,(H,16,17);3-5H,1-2H2. The quantitative estimate of drug-likeness (QED) is 0.695. The Balaban J connectivity index is 0.000000386. The molecule has 1 aliphatic heterocycles. The molecule has 1 aliphatic rings. The molecule has 1 heterocycles. The van der Waals surface area contributed by atoms with Crippen LogP contribution in [0.4, 0.5) is 10.1 Å². The zero-order chi connectivity index (χ0) is 18.4. The minimum atomic E-state index is -2.76. The van der Waals surface area contributed by atoms with Gasteiger partial charge in [0.1, 0.15) is 5.82 Å². The van der Waals surface area contributed by atoms with E-state index < -0.39 is 19.8 Å². The third-order valence-electron chi connectivity index (χ3n) is 3.26. The number of β-amino-alcohol motifs (C(OH)–C–C–N with tert-alkyl or cyclic N) is 1. The van der Waals surface area contributed by atoms with Crippen LogP contribution in [0.5, 0.6) is 0 Å². The second-order valence-corrected chi connectivity index (χ2v) is 6.64. The molecule has 132 valence electrons. The van der Waals surface area contributed by atoms with E-state index in [2.05, 4.69) is 10.6 Å². The van der Waals surface area contributed by atoms with Gasteiger partial charge in [0.05, 0.1) is 11.1 Å². The summed E-state index contributed by atoms with van der Waals surface area (Å²) >= 11 is 5.60. The van der Waals surface area contributed by atoms with Crippen molar-refractivity contribution >= 4 is 36.5 Å². The van der Waals surface area contributed by atoms with Crippen molar-refractivity contribution in [2.24, 2.45) is 0 Å². The highest BCUT2D eigenvalue weighted by molar-refractivity contribution is 7.45. The fraction of sp³-hybridized carbons (Fsp3) is 0.188. The predicted octanol–water partition coefficient (Wildman–Crippen LogP) is 1.41. The third kappa shape index (κ3) is 5.85. The molecular formula is C16H15ClFN2O4P. The number of nitrogens with one attached hydrogen (secondary N) is 2. The summed E-state index contributed by atoms with van der Waals surface area (Å²) in [5.41, 5.74) is 0.500. The van der Waals surface area contributed by atoms with E-state index in [1.165, 1.54) is 36.4 Å². The molecule has 0 spiro atoms. The van der Waals surface area contributed by atoms with Gasteiger partial charge in [-0.25, -0.2) is 4.39 Å². The highest BCUT2D eigenvalue weighted by atomic mass is 35.5. The van der Waals surface area contributed by atoms with Gasteiger partial charge in [-0.15, -0.1) is 0 Å². The van der Waals surface area contributed by atoms with Gasteiger partial charge in [-0.1, -0.05) is 22.2 Å². The first-order valence-electron chi connectivity index (χ1n) is 7.26. The highest BCUT2D eigenvalue weighted by Crippen LogP contribution is 2.20. The molecule has 25 heavy (non-hydrogen) atoms. The monoisotopic (exact) mass is 384 g/mol. The smallest absolute Gasteiger partial charge is 0.348 e. The van der Waals surface area contributed by atoms with E-state index in [9.17, 15) is 18.6 Å². The SMILES string of the molecule is O=C(Nc1ccc(F)c(Cl)c1)c1cccc([P+](=O)[O-])c1.OC1CNC1. The van der Waals surface area contributed by atoms with E-state index in [0.29, 0.717) is 5.69 Å². The van der Waals surface area contributed by atoms with Crippen LogP contribution in [0.1, 0.15) is 10.4 Å². The Labute approximate surface area is 149 Å². The zero-order valence-electron chi connectivity index (χ0n) is 12.9. The number of aliphatic hydroxyl groups excluding tert-OH is 1. The Morgan fingerprint density at radius 2 is 2.00 bits per heavy atom. The van der Waals surface area contributed by atoms with Crippen molar-refractivity contribution in [1.82, 2.24) is 5.32 Å². The van der Waals surface area contributed by atoms with Gasteiger partial charge in [-0.05, 0) is 30.3 Å². The molecule has 3 rings (SSSR count). The van der Waals surface area contributed by atoms with Crippen LogP contribution in [0.3, 0.4) is 0 Å². The number of carbonyl (C=O) groups excluding carboxylic acids is 1. The Kier molecular flexibility index (Phi) is 6.99. The number of aliphatic hydroxyl groups is 1. The van der Waals surface area contributed by atoms with Gasteiger partial charge in [0, 0.05) is 30.4 Å². The molecule has 2 aromatic carbocycles. The molecule has 0 radical (unpaired) electrons. The molecule has 1 fully saturated rings. The molecule has 0 aromatic heterocycles. The second kappa shape index (κ2) is 8.99. The van der Waals surface area contributed by atoms with Crippen molar-refractivity contribution in [3.05, 3.63) is 58.9 Å². The summed E-state index contributed by atoms with van der Waals surface area (Å²) in [7, 11) is -2.76. The average molecular weight is 385 g/mol. The number of benzene rings is 2. The molecule has 1 saturated heterocycles. The van der Waals surface area contributed by atoms with Crippen molar-refractivity contribution in [3.8, 4) is 0 Å². The maximum Gasteiger partial charge on any atom is 0.348 e. The fourth-order valence-corrected chi connectivity index (χ4v) is 2.44. The molecule has 6 nitrogen and oxygen atoms in total. The Morgan fingerprint density at radius 1 is 1.32 bits per heavy atom. The maximum absolute atomic E-state index is 13.0. The number of anilines is 1. The number of carbonyl (C=O) groups is 1. The summed E-state index contributed by atoms with van der Waals surface area (Å²) in [6.07, 6.45) is -0.0463. The van der Waals surface area contributed by atoms with Gasteiger partial charge < -0.3 is 20.6 Å². The number of rotatable bonds is 3. The Hall–Kier alpha value is -1.89. The first-order valence-corrected chi connectivity index (χ1v) is 8.82. The first-order chi connectivity index (χ1) is 11.9. The second-order valence-electron chi connectivity index (χ2n) is 5.20. The van der Waals surface area contributed by atoms with Gasteiger partial charge in [-0.2, -0.15) is 0 Å². The van der Waals surface area contributed by atoms with E-state index in [1.807, 2.05) is 0 Å². The van der Waals surface area contributed by atoms with E-state index in [1.54, 1.807) is 0 Å². The molecule has 1 amide bonds. The number of amides is 1. The van der Waals surface area contributed by atoms with Crippen LogP contribution < -0.4 is 20.8 Å². The van der Waals surface area contributed by atoms with Crippen LogP contribution in [0, 0.1) is 5.82 Å². The van der Waals surface area contributed by atoms with E-state index in [0.717, 1.165) is 19.2 Å². The van der Waals surface area contributed by atoms with Crippen molar-refractivity contribution in [3.63, 3.8) is 0 Å². The van der Waals surface area contributed by atoms with Gasteiger partial charge >= 0.3 is 8.03 Å². The Bertz CT molecular complexity index is 786. The van der Waals surface area contributed by atoms with Gasteiger partial charge in [0.15, 0.2) is 5.30 Å². The van der Waals surface area contributed by atoms with Crippen LogP contribution in [0.15, 0.2) is 42.5 Å². The zero-order valence-corrected chi connectivity index (χ0v) is 14.6. The molecule has 3 N–H and O–H groups in total. The van der Waals surface area contributed by atoms with Crippen molar-refractivity contribution in [2.45, 2.75) is 6.10 Å². The molecule has 0 saturated carbocycles. The average Bonchev–Trinajstić information content (AvgIpc) is 2.57. The number of halogens is 2. The van der Waals surface area contributed by atoms with Crippen molar-refractivity contribution in [1.29, 1.82) is 0 Å². The van der Waals surface area contributed by atoms with E-state index in [4.69, 9.17) is 16.7 Å². The van der Waals surface area contributed by atoms with E-state index >= 15 is 0 Å². The molecular weight excluding hydrogens is 370 g/mol. The topological polar surface area (TPSA) is 101 Å². The molecule has 0 aliphatic carbocycles. The van der Waals surface area contributed by atoms with Crippen molar-refractivity contribution < 1.29 is 23.7 Å². The summed E-state index contributed by atoms with van der Waals surface area (Å²) in [6, 6.07) is 9.34. The third-order valence-corrected chi connectivity index (χ3v) is 4.25.